The molecule has 1 fully saturated rings. The molecule has 160 valence electrons. The topological polar surface area (TPSA) is 112 Å². The molecular formula is C18H24N8O3S. The SMILES string of the molecule is CC1COCCN1c1nc2c(cnn2-c2ccn[nH]2)c2c1CCN2S(=O)(=O)N(C)C. The Balaban J connectivity index is 1.78. The Bertz CT molecular complexity index is 1190. The number of aromatic nitrogens is 5. The monoisotopic (exact) mass is 432 g/mol. The lowest BCUT2D eigenvalue weighted by Gasteiger charge is -2.35. The van der Waals surface area contributed by atoms with Crippen molar-refractivity contribution in [1.82, 2.24) is 29.3 Å². The van der Waals surface area contributed by atoms with Crippen LogP contribution in [0, 0.1) is 0 Å². The molecule has 3 aromatic heterocycles. The van der Waals surface area contributed by atoms with Gasteiger partial charge in [0.15, 0.2) is 11.5 Å². The van der Waals surface area contributed by atoms with Crippen LogP contribution in [-0.4, -0.2) is 84.1 Å². The molecule has 0 bridgehead atoms. The largest absolute Gasteiger partial charge is 0.377 e. The summed E-state index contributed by atoms with van der Waals surface area (Å²) in [7, 11) is -0.556. The van der Waals surface area contributed by atoms with Crippen LogP contribution in [-0.2, 0) is 21.4 Å². The summed E-state index contributed by atoms with van der Waals surface area (Å²) in [5, 5.41) is 12.1. The van der Waals surface area contributed by atoms with E-state index < -0.39 is 10.2 Å². The number of anilines is 2. The standard InChI is InChI=1S/C18H24N8O3S/c1-12-11-29-9-8-24(12)17-13-5-7-25(30(27,28)23(2)3)16(13)14-10-20-26(18(14)21-17)15-4-6-19-22-15/h4,6,10,12H,5,7-9,11H2,1-3H3,(H,19,22). The highest BCUT2D eigenvalue weighted by atomic mass is 32.2. The van der Waals surface area contributed by atoms with Gasteiger partial charge in [0, 0.05) is 38.8 Å². The molecule has 0 aliphatic carbocycles. The number of hydrogen-bond donors (Lipinski definition) is 1. The van der Waals surface area contributed by atoms with Crippen LogP contribution in [0.25, 0.3) is 16.9 Å². The number of morpholine rings is 1. The number of rotatable bonds is 4. The number of fused-ring (bicyclic) bond motifs is 3. The highest BCUT2D eigenvalue weighted by Gasteiger charge is 2.38. The van der Waals surface area contributed by atoms with E-state index in [1.807, 2.05) is 0 Å². The van der Waals surface area contributed by atoms with Gasteiger partial charge in [-0.15, -0.1) is 0 Å². The van der Waals surface area contributed by atoms with Crippen molar-refractivity contribution in [3.05, 3.63) is 24.0 Å². The zero-order chi connectivity index (χ0) is 21.0. The Morgan fingerprint density at radius 2 is 2.13 bits per heavy atom. The van der Waals surface area contributed by atoms with E-state index in [-0.39, 0.29) is 6.04 Å². The second-order valence-corrected chi connectivity index (χ2v) is 9.79. The first kappa shape index (κ1) is 19.3. The predicted octanol–water partition coefficient (Wildman–Crippen LogP) is 0.538. The van der Waals surface area contributed by atoms with Crippen molar-refractivity contribution in [2.45, 2.75) is 19.4 Å². The predicted molar refractivity (Wildman–Crippen MR) is 112 cm³/mol. The van der Waals surface area contributed by atoms with Gasteiger partial charge in [-0.25, -0.2) is 4.98 Å². The maximum absolute atomic E-state index is 13.1. The maximum atomic E-state index is 13.1. The van der Waals surface area contributed by atoms with Crippen molar-refractivity contribution in [1.29, 1.82) is 0 Å². The first-order valence-corrected chi connectivity index (χ1v) is 11.2. The summed E-state index contributed by atoms with van der Waals surface area (Å²) in [6.07, 6.45) is 3.92. The third-order valence-electron chi connectivity index (χ3n) is 5.67. The summed E-state index contributed by atoms with van der Waals surface area (Å²) in [5.74, 6) is 1.46. The molecule has 30 heavy (non-hydrogen) atoms. The van der Waals surface area contributed by atoms with E-state index in [0.717, 1.165) is 11.4 Å². The molecule has 0 spiro atoms. The van der Waals surface area contributed by atoms with Crippen molar-refractivity contribution < 1.29 is 13.2 Å². The lowest BCUT2D eigenvalue weighted by molar-refractivity contribution is 0.0985. The molecule has 5 heterocycles. The Morgan fingerprint density at radius 1 is 1.30 bits per heavy atom. The summed E-state index contributed by atoms with van der Waals surface area (Å²) in [6, 6.07) is 1.93. The van der Waals surface area contributed by atoms with Crippen LogP contribution < -0.4 is 9.21 Å². The van der Waals surface area contributed by atoms with Crippen molar-refractivity contribution >= 4 is 32.7 Å². The second-order valence-electron chi connectivity index (χ2n) is 7.73. The van der Waals surface area contributed by atoms with Crippen LogP contribution >= 0.6 is 0 Å². The van der Waals surface area contributed by atoms with Gasteiger partial charge in [-0.05, 0) is 13.3 Å². The quantitative estimate of drug-likeness (QED) is 0.640. The van der Waals surface area contributed by atoms with Gasteiger partial charge < -0.3 is 9.64 Å². The maximum Gasteiger partial charge on any atom is 0.303 e. The Hall–Kier alpha value is -2.70. The molecule has 12 heteroatoms. The lowest BCUT2D eigenvalue weighted by atomic mass is 10.1. The average Bonchev–Trinajstić information content (AvgIpc) is 3.45. The van der Waals surface area contributed by atoms with Crippen molar-refractivity contribution in [3.63, 3.8) is 0 Å². The van der Waals surface area contributed by atoms with E-state index in [4.69, 9.17) is 9.72 Å². The molecule has 0 radical (unpaired) electrons. The normalized spacial score (nSPS) is 19.8. The van der Waals surface area contributed by atoms with E-state index >= 15 is 0 Å². The summed E-state index contributed by atoms with van der Waals surface area (Å²) in [5.41, 5.74) is 2.19. The Morgan fingerprint density at radius 3 is 2.83 bits per heavy atom. The molecule has 0 saturated carbocycles. The van der Waals surface area contributed by atoms with Crippen LogP contribution in [0.2, 0.25) is 0 Å². The van der Waals surface area contributed by atoms with Gasteiger partial charge >= 0.3 is 10.2 Å². The first-order valence-electron chi connectivity index (χ1n) is 9.84. The number of H-pyrrole nitrogens is 1. The number of aromatic amines is 1. The first-order chi connectivity index (χ1) is 14.4. The van der Waals surface area contributed by atoms with E-state index in [2.05, 4.69) is 27.1 Å². The number of pyridine rings is 1. The second kappa shape index (κ2) is 6.93. The van der Waals surface area contributed by atoms with Crippen molar-refractivity contribution in [3.8, 4) is 5.82 Å². The smallest absolute Gasteiger partial charge is 0.303 e. The third-order valence-corrected chi connectivity index (χ3v) is 7.52. The summed E-state index contributed by atoms with van der Waals surface area (Å²) < 4.78 is 36.1. The zero-order valence-electron chi connectivity index (χ0n) is 17.1. The van der Waals surface area contributed by atoms with Gasteiger partial charge in [-0.2, -0.15) is 27.6 Å². The van der Waals surface area contributed by atoms with Gasteiger partial charge in [-0.1, -0.05) is 0 Å². The number of nitrogens with one attached hydrogen (secondary N) is 1. The van der Waals surface area contributed by atoms with E-state index in [1.54, 1.807) is 37.2 Å². The van der Waals surface area contributed by atoms with Crippen LogP contribution in [0.1, 0.15) is 12.5 Å². The molecule has 1 N–H and O–H groups in total. The van der Waals surface area contributed by atoms with E-state index in [1.165, 1.54) is 8.61 Å². The molecule has 1 unspecified atom stereocenters. The number of nitrogens with zero attached hydrogens (tertiary/aromatic N) is 7. The number of ether oxygens (including phenoxy) is 1. The van der Waals surface area contributed by atoms with Crippen LogP contribution in [0.15, 0.2) is 18.5 Å². The minimum atomic E-state index is -3.65. The molecular weight excluding hydrogens is 408 g/mol. The fourth-order valence-corrected chi connectivity index (χ4v) is 5.30. The minimum absolute atomic E-state index is 0.135. The van der Waals surface area contributed by atoms with Crippen LogP contribution in [0.4, 0.5) is 11.5 Å². The fourth-order valence-electron chi connectivity index (χ4n) is 4.14. The minimum Gasteiger partial charge on any atom is -0.377 e. The zero-order valence-corrected chi connectivity index (χ0v) is 17.9. The lowest BCUT2D eigenvalue weighted by Crippen LogP contribution is -2.44. The molecule has 5 rings (SSSR count). The molecule has 1 saturated heterocycles. The van der Waals surface area contributed by atoms with Gasteiger partial charge in [0.05, 0.1) is 42.7 Å². The fraction of sp³-hybridized carbons (Fsp3) is 0.500. The number of hydrogen-bond acceptors (Lipinski definition) is 7. The summed E-state index contributed by atoms with van der Waals surface area (Å²) in [6.45, 7) is 4.38. The molecule has 11 nitrogen and oxygen atoms in total. The molecule has 0 amide bonds. The van der Waals surface area contributed by atoms with E-state index in [9.17, 15) is 8.42 Å². The van der Waals surface area contributed by atoms with Gasteiger partial charge in [-0.3, -0.25) is 9.40 Å². The molecule has 1 atom stereocenters. The molecule has 2 aliphatic heterocycles. The van der Waals surface area contributed by atoms with Gasteiger partial charge in [0.2, 0.25) is 0 Å². The third kappa shape index (κ3) is 2.78. The highest BCUT2D eigenvalue weighted by Crippen LogP contribution is 2.42. The average molecular weight is 433 g/mol. The van der Waals surface area contributed by atoms with Crippen LogP contribution in [0.5, 0.6) is 0 Å². The van der Waals surface area contributed by atoms with Gasteiger partial charge in [0.1, 0.15) is 5.82 Å². The molecule has 0 aromatic carbocycles. The highest BCUT2D eigenvalue weighted by molar-refractivity contribution is 7.90. The Kier molecular flexibility index (Phi) is 4.45. The van der Waals surface area contributed by atoms with Crippen molar-refractivity contribution in [2.75, 3.05) is 49.6 Å². The summed E-state index contributed by atoms with van der Waals surface area (Å²) in [4.78, 5) is 7.19. The Labute approximate surface area is 174 Å². The molecule has 3 aromatic rings. The molecule has 2 aliphatic rings. The summed E-state index contributed by atoms with van der Waals surface area (Å²) >= 11 is 0. The van der Waals surface area contributed by atoms with Gasteiger partial charge in [0.25, 0.3) is 0 Å². The van der Waals surface area contributed by atoms with E-state index in [0.29, 0.717) is 55.3 Å². The van der Waals surface area contributed by atoms with Crippen molar-refractivity contribution in [2.24, 2.45) is 0 Å². The van der Waals surface area contributed by atoms with Crippen LogP contribution in [0.3, 0.4) is 0 Å².